The van der Waals surface area contributed by atoms with E-state index in [0.717, 1.165) is 47.6 Å². The number of anilines is 1. The second-order valence-electron chi connectivity index (χ2n) is 11.1. The second-order valence-corrected chi connectivity index (χ2v) is 11.1. The topological polar surface area (TPSA) is 86.8 Å². The van der Waals surface area contributed by atoms with Crippen LogP contribution in [-0.2, 0) is 29.1 Å². The molecule has 0 spiro atoms. The molecule has 8 nitrogen and oxygen atoms in total. The zero-order chi connectivity index (χ0) is 29.1. The van der Waals surface area contributed by atoms with Gasteiger partial charge < -0.3 is 25.2 Å². The predicted molar refractivity (Wildman–Crippen MR) is 165 cm³/mol. The van der Waals surface area contributed by atoms with Crippen molar-refractivity contribution in [2.75, 3.05) is 44.7 Å². The van der Waals surface area contributed by atoms with E-state index in [1.165, 1.54) is 0 Å². The van der Waals surface area contributed by atoms with Crippen molar-refractivity contribution >= 4 is 17.5 Å². The van der Waals surface area contributed by atoms with Gasteiger partial charge in [0.2, 0.25) is 11.8 Å². The molecule has 42 heavy (non-hydrogen) atoms. The van der Waals surface area contributed by atoms with Crippen LogP contribution in [0.1, 0.15) is 29.7 Å². The van der Waals surface area contributed by atoms with Gasteiger partial charge in [0.25, 0.3) is 0 Å². The molecule has 8 heteroatoms. The molecule has 2 aromatic carbocycles. The third kappa shape index (κ3) is 8.19. The molecule has 2 aliphatic heterocycles. The highest BCUT2D eigenvalue weighted by Gasteiger charge is 2.31. The normalized spacial score (nSPS) is 19.7. The fraction of sp³-hybridized carbons (Fsp3) is 0.382. The molecule has 2 atom stereocenters. The zero-order valence-corrected chi connectivity index (χ0v) is 24.4. The van der Waals surface area contributed by atoms with E-state index < -0.39 is 0 Å². The Kier molecular flexibility index (Phi) is 10.2. The lowest BCUT2D eigenvalue weighted by atomic mass is 9.82. The SMILES string of the molecule is CN(CCc1ccccn1)c1ccc2c(c1)CNCC(=O)N1CC[C@@H](CC(=O)NCc3ccccc3)[C@@H](/C=C/CO2)C1. The maximum atomic E-state index is 13.1. The van der Waals surface area contributed by atoms with Crippen molar-refractivity contribution in [1.82, 2.24) is 20.5 Å². The van der Waals surface area contributed by atoms with Crippen LogP contribution < -0.4 is 20.3 Å². The average Bonchev–Trinajstić information content (AvgIpc) is 3.03. The number of amides is 2. The first kappa shape index (κ1) is 29.3. The van der Waals surface area contributed by atoms with E-state index in [0.29, 0.717) is 39.2 Å². The number of hydrogen-bond acceptors (Lipinski definition) is 6. The van der Waals surface area contributed by atoms with Crippen molar-refractivity contribution in [1.29, 1.82) is 0 Å². The average molecular weight is 568 g/mol. The van der Waals surface area contributed by atoms with Crippen LogP contribution in [0.15, 0.2) is 85.1 Å². The van der Waals surface area contributed by atoms with E-state index in [4.69, 9.17) is 4.74 Å². The number of carbonyl (C=O) groups excluding carboxylic acids is 2. The molecule has 1 aromatic heterocycles. The maximum absolute atomic E-state index is 13.1. The number of pyridine rings is 1. The van der Waals surface area contributed by atoms with Gasteiger partial charge in [-0.05, 0) is 54.2 Å². The summed E-state index contributed by atoms with van der Waals surface area (Å²) in [5, 5.41) is 6.41. The molecular weight excluding hydrogens is 526 g/mol. The fourth-order valence-electron chi connectivity index (χ4n) is 5.66. The number of hydrogen-bond donors (Lipinski definition) is 2. The van der Waals surface area contributed by atoms with Gasteiger partial charge in [0, 0.05) is 75.8 Å². The molecule has 0 saturated carbocycles. The summed E-state index contributed by atoms with van der Waals surface area (Å²) in [6.07, 6.45) is 8.10. The molecule has 3 aromatic rings. The number of ether oxygens (including phenoxy) is 1. The summed E-state index contributed by atoms with van der Waals surface area (Å²) < 4.78 is 6.20. The summed E-state index contributed by atoms with van der Waals surface area (Å²) in [4.78, 5) is 34.5. The van der Waals surface area contributed by atoms with Gasteiger partial charge in [-0.15, -0.1) is 0 Å². The molecule has 0 aliphatic carbocycles. The number of aromatic nitrogens is 1. The van der Waals surface area contributed by atoms with Gasteiger partial charge in [-0.1, -0.05) is 48.6 Å². The molecule has 220 valence electrons. The van der Waals surface area contributed by atoms with Crippen molar-refractivity contribution in [3.63, 3.8) is 0 Å². The Hall–Kier alpha value is -4.17. The van der Waals surface area contributed by atoms with Gasteiger partial charge in [-0.25, -0.2) is 0 Å². The third-order valence-electron chi connectivity index (χ3n) is 8.16. The molecule has 0 radical (unpaired) electrons. The Morgan fingerprint density at radius 3 is 2.81 bits per heavy atom. The summed E-state index contributed by atoms with van der Waals surface area (Å²) in [6.45, 7) is 3.88. The first-order valence-corrected chi connectivity index (χ1v) is 14.9. The standard InChI is InChI=1S/C34H41N5O3/c1-38(17-15-30-11-5-6-16-36-30)31-12-13-32-29(20-31)23-35-24-34(41)39-18-14-27(28(25-39)10-7-19-42-32)21-33(40)37-22-26-8-3-2-4-9-26/h2-13,16,20,27-28,35H,14-15,17-19,21-25H2,1H3,(H,37,40)/b10-7+/t27-,28-/m0/s1. The lowest BCUT2D eigenvalue weighted by molar-refractivity contribution is -0.132. The Labute approximate surface area is 248 Å². The Morgan fingerprint density at radius 2 is 1.98 bits per heavy atom. The monoisotopic (exact) mass is 567 g/mol. The van der Waals surface area contributed by atoms with Crippen molar-refractivity contribution in [3.05, 3.63) is 102 Å². The van der Waals surface area contributed by atoms with Gasteiger partial charge >= 0.3 is 0 Å². The molecule has 3 heterocycles. The largest absolute Gasteiger partial charge is 0.489 e. The first-order chi connectivity index (χ1) is 20.5. The third-order valence-corrected chi connectivity index (χ3v) is 8.16. The molecule has 0 unspecified atom stereocenters. The van der Waals surface area contributed by atoms with Crippen molar-refractivity contribution in [3.8, 4) is 5.75 Å². The van der Waals surface area contributed by atoms with E-state index in [-0.39, 0.29) is 30.2 Å². The highest BCUT2D eigenvalue weighted by molar-refractivity contribution is 5.79. The Bertz CT molecular complexity index is 1350. The highest BCUT2D eigenvalue weighted by atomic mass is 16.5. The minimum absolute atomic E-state index is 0.0487. The van der Waals surface area contributed by atoms with Crippen molar-refractivity contribution < 1.29 is 14.3 Å². The van der Waals surface area contributed by atoms with Crippen LogP contribution in [0.5, 0.6) is 5.75 Å². The molecule has 1 fully saturated rings. The van der Waals surface area contributed by atoms with Crippen LogP contribution in [0.25, 0.3) is 0 Å². The minimum Gasteiger partial charge on any atom is -0.489 e. The van der Waals surface area contributed by atoms with E-state index in [9.17, 15) is 9.59 Å². The van der Waals surface area contributed by atoms with Crippen molar-refractivity contribution in [2.45, 2.75) is 32.4 Å². The molecule has 1 saturated heterocycles. The quantitative estimate of drug-likeness (QED) is 0.401. The van der Waals surface area contributed by atoms with Gasteiger partial charge in [0.1, 0.15) is 12.4 Å². The van der Waals surface area contributed by atoms with E-state index in [1.54, 1.807) is 0 Å². The smallest absolute Gasteiger partial charge is 0.236 e. The number of carbonyl (C=O) groups is 2. The van der Waals surface area contributed by atoms with E-state index in [1.807, 2.05) is 71.8 Å². The van der Waals surface area contributed by atoms with Crippen LogP contribution in [-0.4, -0.2) is 61.5 Å². The molecule has 2 bridgehead atoms. The van der Waals surface area contributed by atoms with Crippen LogP contribution in [0, 0.1) is 11.8 Å². The second kappa shape index (κ2) is 14.6. The highest BCUT2D eigenvalue weighted by Crippen LogP contribution is 2.29. The number of rotatable bonds is 8. The molecule has 2 N–H and O–H groups in total. The van der Waals surface area contributed by atoms with E-state index in [2.05, 4.69) is 45.8 Å². The number of benzene rings is 2. The lowest BCUT2D eigenvalue weighted by Gasteiger charge is -2.37. The van der Waals surface area contributed by atoms with Crippen LogP contribution >= 0.6 is 0 Å². The predicted octanol–water partition coefficient (Wildman–Crippen LogP) is 3.97. The summed E-state index contributed by atoms with van der Waals surface area (Å²) in [5.41, 5.74) is 4.26. The minimum atomic E-state index is 0.0487. The molecule has 5 rings (SSSR count). The Balaban J connectivity index is 1.22. The number of nitrogens with zero attached hydrogens (tertiary/aromatic N) is 3. The summed E-state index contributed by atoms with van der Waals surface area (Å²) in [5.74, 6) is 1.22. The summed E-state index contributed by atoms with van der Waals surface area (Å²) in [6, 6.07) is 22.2. The molecular formula is C34H41N5O3. The van der Waals surface area contributed by atoms with Crippen LogP contribution in [0.4, 0.5) is 5.69 Å². The van der Waals surface area contributed by atoms with Crippen LogP contribution in [0.3, 0.4) is 0 Å². The molecule has 2 amide bonds. The number of likely N-dealkylation sites (N-methyl/N-ethyl adjacent to an activating group) is 1. The molecule has 2 aliphatic rings. The zero-order valence-electron chi connectivity index (χ0n) is 24.4. The lowest BCUT2D eigenvalue weighted by Crippen LogP contribution is -2.47. The van der Waals surface area contributed by atoms with Crippen molar-refractivity contribution in [2.24, 2.45) is 11.8 Å². The van der Waals surface area contributed by atoms with Gasteiger partial charge in [-0.2, -0.15) is 0 Å². The van der Waals surface area contributed by atoms with Gasteiger partial charge in [-0.3, -0.25) is 14.6 Å². The van der Waals surface area contributed by atoms with E-state index >= 15 is 0 Å². The maximum Gasteiger partial charge on any atom is 0.236 e. The fourth-order valence-corrected chi connectivity index (χ4v) is 5.66. The summed E-state index contributed by atoms with van der Waals surface area (Å²) >= 11 is 0. The number of piperidine rings is 1. The van der Waals surface area contributed by atoms with Gasteiger partial charge in [0.05, 0.1) is 6.54 Å². The summed E-state index contributed by atoms with van der Waals surface area (Å²) in [7, 11) is 2.08. The Morgan fingerprint density at radius 1 is 1.12 bits per heavy atom. The van der Waals surface area contributed by atoms with Crippen LogP contribution in [0.2, 0.25) is 0 Å². The first-order valence-electron chi connectivity index (χ1n) is 14.9. The number of nitrogens with one attached hydrogen (secondary N) is 2. The van der Waals surface area contributed by atoms with Gasteiger partial charge in [0.15, 0.2) is 0 Å². The number of fused-ring (bicyclic) bond motifs is 3.